The van der Waals surface area contributed by atoms with Gasteiger partial charge in [-0.25, -0.2) is 22.0 Å². The molecule has 0 bridgehead atoms. The molecule has 2 aliphatic carbocycles. The van der Waals surface area contributed by atoms with E-state index < -0.39 is 36.8 Å². The molecule has 0 saturated heterocycles. The Morgan fingerprint density at radius 1 is 0.562 bits per heavy atom. The maximum absolute atomic E-state index is 13.5. The van der Waals surface area contributed by atoms with Crippen LogP contribution >= 0.6 is 0 Å². The van der Waals surface area contributed by atoms with Gasteiger partial charge in [0.2, 0.25) is 0 Å². The highest BCUT2D eigenvalue weighted by molar-refractivity contribution is 5.02. The van der Waals surface area contributed by atoms with Crippen molar-refractivity contribution in [3.63, 3.8) is 0 Å². The van der Waals surface area contributed by atoms with Gasteiger partial charge in [0.05, 0.1) is 0 Å². The lowest BCUT2D eigenvalue weighted by atomic mass is 9.74. The van der Waals surface area contributed by atoms with Crippen LogP contribution in [0.15, 0.2) is 0 Å². The average Bonchev–Trinajstić information content (AvgIpc) is 2.77. The van der Waals surface area contributed by atoms with Crippen molar-refractivity contribution in [3.05, 3.63) is 0 Å². The van der Waals surface area contributed by atoms with E-state index in [1.807, 2.05) is 0 Å². The van der Waals surface area contributed by atoms with E-state index in [0.717, 1.165) is 12.8 Å². The van der Waals surface area contributed by atoms with Gasteiger partial charge < -0.3 is 0 Å². The fourth-order valence-corrected chi connectivity index (χ4v) is 2.99. The van der Waals surface area contributed by atoms with Gasteiger partial charge in [-0.1, -0.05) is 12.8 Å². The third-order valence-corrected chi connectivity index (χ3v) is 3.90. The van der Waals surface area contributed by atoms with Crippen LogP contribution in [-0.2, 0) is 0 Å². The van der Waals surface area contributed by atoms with Gasteiger partial charge in [0.15, 0.2) is 18.5 Å². The van der Waals surface area contributed by atoms with E-state index in [-0.39, 0.29) is 5.92 Å². The quantitative estimate of drug-likeness (QED) is 0.617. The molecule has 2 saturated carbocycles. The lowest BCUT2D eigenvalue weighted by Crippen LogP contribution is -2.55. The first-order chi connectivity index (χ1) is 7.54. The molecule has 0 aromatic heterocycles. The Kier molecular flexibility index (Phi) is 3.40. The van der Waals surface area contributed by atoms with E-state index in [2.05, 4.69) is 0 Å². The molecule has 0 spiro atoms. The SMILES string of the molecule is FC1C(F)C(F)C(C2CCCC2)C(F)C1F. The van der Waals surface area contributed by atoms with Crippen molar-refractivity contribution in [1.29, 1.82) is 0 Å². The maximum atomic E-state index is 13.5. The van der Waals surface area contributed by atoms with Crippen LogP contribution in [0.25, 0.3) is 0 Å². The molecule has 5 heteroatoms. The van der Waals surface area contributed by atoms with Crippen LogP contribution in [0.3, 0.4) is 0 Å². The maximum Gasteiger partial charge on any atom is 0.168 e. The summed E-state index contributed by atoms with van der Waals surface area (Å²) in [5, 5.41) is 0. The van der Waals surface area contributed by atoms with Gasteiger partial charge in [0.25, 0.3) is 0 Å². The predicted octanol–water partition coefficient (Wildman–Crippen LogP) is 3.50. The Bertz CT molecular complexity index is 225. The van der Waals surface area contributed by atoms with Crippen molar-refractivity contribution in [1.82, 2.24) is 0 Å². The van der Waals surface area contributed by atoms with Crippen molar-refractivity contribution >= 4 is 0 Å². The minimum absolute atomic E-state index is 0.339. The molecule has 0 amide bonds. The van der Waals surface area contributed by atoms with Gasteiger partial charge in [-0.15, -0.1) is 0 Å². The number of alkyl halides is 5. The van der Waals surface area contributed by atoms with Crippen molar-refractivity contribution in [3.8, 4) is 0 Å². The van der Waals surface area contributed by atoms with Crippen LogP contribution in [0.4, 0.5) is 22.0 Å². The van der Waals surface area contributed by atoms with Gasteiger partial charge in [-0.05, 0) is 18.8 Å². The smallest absolute Gasteiger partial charge is 0.168 e. The summed E-state index contributed by atoms with van der Waals surface area (Å²) in [5.74, 6) is -1.64. The number of rotatable bonds is 1. The normalized spacial score (nSPS) is 50.8. The second kappa shape index (κ2) is 4.49. The van der Waals surface area contributed by atoms with Crippen LogP contribution in [0.1, 0.15) is 25.7 Å². The first kappa shape index (κ1) is 12.1. The van der Waals surface area contributed by atoms with E-state index in [0.29, 0.717) is 12.8 Å². The Morgan fingerprint density at radius 2 is 0.938 bits per heavy atom. The summed E-state index contributed by atoms with van der Waals surface area (Å²) in [6.07, 6.45) is -9.30. The molecule has 4 unspecified atom stereocenters. The predicted molar refractivity (Wildman–Crippen MR) is 49.9 cm³/mol. The largest absolute Gasteiger partial charge is 0.244 e. The zero-order valence-electron chi connectivity index (χ0n) is 8.76. The summed E-state index contributed by atoms with van der Waals surface area (Å²) in [7, 11) is 0. The lowest BCUT2D eigenvalue weighted by molar-refractivity contribution is -0.104. The van der Waals surface area contributed by atoms with Gasteiger partial charge in [-0.3, -0.25) is 0 Å². The number of halogens is 5. The monoisotopic (exact) mass is 242 g/mol. The first-order valence-corrected chi connectivity index (χ1v) is 5.74. The Labute approximate surface area is 91.2 Å². The lowest BCUT2D eigenvalue weighted by Gasteiger charge is -2.39. The van der Waals surface area contributed by atoms with Crippen molar-refractivity contribution in [2.24, 2.45) is 11.8 Å². The van der Waals surface area contributed by atoms with Gasteiger partial charge in [-0.2, -0.15) is 0 Å². The third-order valence-electron chi connectivity index (χ3n) is 3.90. The summed E-state index contributed by atoms with van der Waals surface area (Å²) >= 11 is 0. The molecular formula is C11H15F5. The molecule has 0 aromatic carbocycles. The summed E-state index contributed by atoms with van der Waals surface area (Å²) in [6, 6.07) is 0. The van der Waals surface area contributed by atoms with Crippen LogP contribution < -0.4 is 0 Å². The molecular weight excluding hydrogens is 227 g/mol. The Hall–Kier alpha value is -0.350. The Morgan fingerprint density at radius 3 is 1.38 bits per heavy atom. The summed E-state index contributed by atoms with van der Waals surface area (Å²) < 4.78 is 66.3. The van der Waals surface area contributed by atoms with Crippen molar-refractivity contribution in [2.75, 3.05) is 0 Å². The molecule has 0 aliphatic heterocycles. The van der Waals surface area contributed by atoms with Gasteiger partial charge >= 0.3 is 0 Å². The molecule has 2 rings (SSSR count). The Balaban J connectivity index is 2.15. The van der Waals surface area contributed by atoms with Crippen LogP contribution in [0, 0.1) is 11.8 Å². The van der Waals surface area contributed by atoms with Gasteiger partial charge in [0, 0.05) is 5.92 Å². The van der Waals surface area contributed by atoms with E-state index in [1.54, 1.807) is 0 Å². The summed E-state index contributed by atoms with van der Waals surface area (Å²) in [5.41, 5.74) is 0. The minimum Gasteiger partial charge on any atom is -0.244 e. The van der Waals surface area contributed by atoms with Crippen LogP contribution in [0.2, 0.25) is 0 Å². The summed E-state index contributed by atoms with van der Waals surface area (Å²) in [4.78, 5) is 0. The fraction of sp³-hybridized carbons (Fsp3) is 1.00. The molecule has 0 heterocycles. The molecule has 0 nitrogen and oxygen atoms in total. The first-order valence-electron chi connectivity index (χ1n) is 5.74. The van der Waals surface area contributed by atoms with E-state index in [1.165, 1.54) is 0 Å². The molecule has 0 radical (unpaired) electrons. The average molecular weight is 242 g/mol. The van der Waals surface area contributed by atoms with Gasteiger partial charge in [0.1, 0.15) is 12.3 Å². The van der Waals surface area contributed by atoms with E-state index >= 15 is 0 Å². The zero-order valence-corrected chi connectivity index (χ0v) is 8.76. The highest BCUT2D eigenvalue weighted by Gasteiger charge is 2.55. The molecule has 94 valence electrons. The fourth-order valence-electron chi connectivity index (χ4n) is 2.99. The zero-order chi connectivity index (χ0) is 11.9. The van der Waals surface area contributed by atoms with Crippen molar-refractivity contribution < 1.29 is 22.0 Å². The van der Waals surface area contributed by atoms with E-state index in [9.17, 15) is 22.0 Å². The molecule has 2 fully saturated rings. The minimum atomic E-state index is -2.66. The summed E-state index contributed by atoms with van der Waals surface area (Å²) in [6.45, 7) is 0. The molecule has 4 atom stereocenters. The molecule has 16 heavy (non-hydrogen) atoms. The number of hydrogen-bond donors (Lipinski definition) is 0. The highest BCUT2D eigenvalue weighted by atomic mass is 19.2. The van der Waals surface area contributed by atoms with Crippen LogP contribution in [-0.4, -0.2) is 30.9 Å². The number of hydrogen-bond acceptors (Lipinski definition) is 0. The molecule has 0 aromatic rings. The highest BCUT2D eigenvalue weighted by Crippen LogP contribution is 2.44. The van der Waals surface area contributed by atoms with Crippen LogP contribution in [0.5, 0.6) is 0 Å². The topological polar surface area (TPSA) is 0 Å². The third kappa shape index (κ3) is 1.82. The van der Waals surface area contributed by atoms with E-state index in [4.69, 9.17) is 0 Å². The van der Waals surface area contributed by atoms with Crippen molar-refractivity contribution in [2.45, 2.75) is 56.5 Å². The standard InChI is InChI=1S/C11H15F5/c12-7-6(5-3-1-2-4-5)8(13)10(15)11(16)9(7)14/h5-11H,1-4H2. The second-order valence-electron chi connectivity index (χ2n) is 4.84. The molecule has 0 N–H and O–H groups in total. The molecule has 2 aliphatic rings. The second-order valence-corrected chi connectivity index (χ2v) is 4.84.